The Hall–Kier alpha value is -2.56. The molecule has 0 spiro atoms. The number of phenols is 2. The standard InChI is InChI=1S/C15H15N3O2/c1-2-8-18-12-6-7-16-9-11(12)17-15(18)10-4-3-5-13(19)14(10)20/h3-7,9,19-20H,2,8H2,1H3. The lowest BCUT2D eigenvalue weighted by atomic mass is 10.1. The van der Waals surface area contributed by atoms with E-state index in [9.17, 15) is 10.2 Å². The fourth-order valence-electron chi connectivity index (χ4n) is 2.35. The van der Waals surface area contributed by atoms with Crippen LogP contribution < -0.4 is 0 Å². The Morgan fingerprint density at radius 1 is 1.20 bits per heavy atom. The van der Waals surface area contributed by atoms with E-state index < -0.39 is 0 Å². The van der Waals surface area contributed by atoms with Gasteiger partial charge in [0.05, 0.1) is 17.3 Å². The van der Waals surface area contributed by atoms with Gasteiger partial charge in [0.15, 0.2) is 11.5 Å². The lowest BCUT2D eigenvalue weighted by molar-refractivity contribution is 0.404. The molecule has 0 saturated heterocycles. The van der Waals surface area contributed by atoms with Crippen molar-refractivity contribution in [2.45, 2.75) is 19.9 Å². The van der Waals surface area contributed by atoms with E-state index in [-0.39, 0.29) is 11.5 Å². The van der Waals surface area contributed by atoms with Crippen LogP contribution in [0, 0.1) is 0 Å². The number of nitrogens with zero attached hydrogens (tertiary/aromatic N) is 3. The number of para-hydroxylation sites is 1. The zero-order valence-electron chi connectivity index (χ0n) is 11.1. The maximum absolute atomic E-state index is 10.0. The number of aryl methyl sites for hydroxylation is 1. The molecule has 102 valence electrons. The fraction of sp³-hybridized carbons (Fsp3) is 0.200. The number of aromatic nitrogens is 3. The Balaban J connectivity index is 2.29. The van der Waals surface area contributed by atoms with Crippen molar-refractivity contribution in [1.82, 2.24) is 14.5 Å². The topological polar surface area (TPSA) is 71.2 Å². The minimum absolute atomic E-state index is 0.143. The average Bonchev–Trinajstić information content (AvgIpc) is 2.81. The van der Waals surface area contributed by atoms with Crippen LogP contribution in [0.3, 0.4) is 0 Å². The molecule has 3 rings (SSSR count). The molecule has 0 amide bonds. The summed E-state index contributed by atoms with van der Waals surface area (Å²) in [5.74, 6) is 0.354. The summed E-state index contributed by atoms with van der Waals surface area (Å²) in [5, 5.41) is 19.7. The maximum atomic E-state index is 10.0. The number of hydrogen-bond donors (Lipinski definition) is 2. The SMILES string of the molecule is CCCn1c(-c2cccc(O)c2O)nc2cnccc21. The van der Waals surface area contributed by atoms with Crippen LogP contribution >= 0.6 is 0 Å². The molecular weight excluding hydrogens is 254 g/mol. The Morgan fingerprint density at radius 3 is 2.85 bits per heavy atom. The first-order chi connectivity index (χ1) is 9.72. The predicted octanol–water partition coefficient (Wildman–Crippen LogP) is 2.92. The molecule has 0 saturated carbocycles. The Kier molecular flexibility index (Phi) is 3.02. The number of benzene rings is 1. The van der Waals surface area contributed by atoms with Crippen LogP contribution in [0.2, 0.25) is 0 Å². The normalized spacial score (nSPS) is 11.1. The third-order valence-electron chi connectivity index (χ3n) is 3.25. The van der Waals surface area contributed by atoms with Crippen molar-refractivity contribution in [3.63, 3.8) is 0 Å². The lowest BCUT2D eigenvalue weighted by Gasteiger charge is -2.09. The van der Waals surface area contributed by atoms with E-state index in [0.29, 0.717) is 11.4 Å². The third kappa shape index (κ3) is 1.87. The first kappa shape index (κ1) is 12.5. The van der Waals surface area contributed by atoms with Gasteiger partial charge in [0.2, 0.25) is 0 Å². The first-order valence-electron chi connectivity index (χ1n) is 6.54. The van der Waals surface area contributed by atoms with E-state index in [1.165, 1.54) is 6.07 Å². The number of hydrogen-bond acceptors (Lipinski definition) is 4. The van der Waals surface area contributed by atoms with Gasteiger partial charge in [0.1, 0.15) is 11.3 Å². The average molecular weight is 269 g/mol. The van der Waals surface area contributed by atoms with Crippen molar-refractivity contribution in [3.8, 4) is 22.9 Å². The van der Waals surface area contributed by atoms with Crippen molar-refractivity contribution in [3.05, 3.63) is 36.7 Å². The number of phenolic OH excluding ortho intramolecular Hbond substituents is 2. The van der Waals surface area contributed by atoms with Crippen molar-refractivity contribution >= 4 is 11.0 Å². The largest absolute Gasteiger partial charge is 0.504 e. The fourth-order valence-corrected chi connectivity index (χ4v) is 2.35. The maximum Gasteiger partial charge on any atom is 0.168 e. The van der Waals surface area contributed by atoms with Gasteiger partial charge in [-0.2, -0.15) is 0 Å². The molecule has 5 heteroatoms. The van der Waals surface area contributed by atoms with Gasteiger partial charge < -0.3 is 14.8 Å². The molecule has 2 N–H and O–H groups in total. The monoisotopic (exact) mass is 269 g/mol. The summed E-state index contributed by atoms with van der Waals surface area (Å²) < 4.78 is 2.03. The summed E-state index contributed by atoms with van der Waals surface area (Å²) in [6.07, 6.45) is 4.37. The Morgan fingerprint density at radius 2 is 2.05 bits per heavy atom. The molecule has 2 heterocycles. The van der Waals surface area contributed by atoms with Gasteiger partial charge in [-0.15, -0.1) is 0 Å². The number of aromatic hydroxyl groups is 2. The smallest absolute Gasteiger partial charge is 0.168 e. The summed E-state index contributed by atoms with van der Waals surface area (Å²) in [7, 11) is 0. The quantitative estimate of drug-likeness (QED) is 0.717. The highest BCUT2D eigenvalue weighted by molar-refractivity contribution is 5.81. The van der Waals surface area contributed by atoms with Crippen LogP contribution in [-0.4, -0.2) is 24.7 Å². The zero-order chi connectivity index (χ0) is 14.1. The molecule has 1 aromatic carbocycles. The van der Waals surface area contributed by atoms with E-state index >= 15 is 0 Å². The van der Waals surface area contributed by atoms with Crippen LogP contribution in [0.4, 0.5) is 0 Å². The van der Waals surface area contributed by atoms with Gasteiger partial charge in [0, 0.05) is 12.7 Å². The molecule has 5 nitrogen and oxygen atoms in total. The van der Waals surface area contributed by atoms with E-state index in [4.69, 9.17) is 0 Å². The van der Waals surface area contributed by atoms with Gasteiger partial charge >= 0.3 is 0 Å². The zero-order valence-corrected chi connectivity index (χ0v) is 11.1. The molecule has 0 unspecified atom stereocenters. The molecule has 3 aromatic rings. The summed E-state index contributed by atoms with van der Waals surface area (Å²) in [6, 6.07) is 6.79. The van der Waals surface area contributed by atoms with Crippen molar-refractivity contribution in [2.24, 2.45) is 0 Å². The van der Waals surface area contributed by atoms with Crippen LogP contribution in [0.1, 0.15) is 13.3 Å². The van der Waals surface area contributed by atoms with Crippen molar-refractivity contribution in [1.29, 1.82) is 0 Å². The molecule has 0 atom stereocenters. The Bertz CT molecular complexity index is 765. The van der Waals surface area contributed by atoms with E-state index in [1.807, 2.05) is 10.6 Å². The number of pyridine rings is 1. The highest BCUT2D eigenvalue weighted by Crippen LogP contribution is 2.36. The molecule has 2 aromatic heterocycles. The molecule has 0 bridgehead atoms. The molecule has 0 radical (unpaired) electrons. The Labute approximate surface area is 116 Å². The minimum atomic E-state index is -0.145. The molecule has 0 aliphatic carbocycles. The summed E-state index contributed by atoms with van der Waals surface area (Å²) in [6.45, 7) is 2.87. The number of rotatable bonds is 3. The second kappa shape index (κ2) is 4.85. The second-order valence-electron chi connectivity index (χ2n) is 4.62. The predicted molar refractivity (Wildman–Crippen MR) is 76.6 cm³/mol. The van der Waals surface area contributed by atoms with E-state index in [1.54, 1.807) is 24.5 Å². The summed E-state index contributed by atoms with van der Waals surface area (Å²) in [5.41, 5.74) is 2.27. The van der Waals surface area contributed by atoms with E-state index in [2.05, 4.69) is 16.9 Å². The second-order valence-corrected chi connectivity index (χ2v) is 4.62. The van der Waals surface area contributed by atoms with E-state index in [0.717, 1.165) is 24.0 Å². The molecule has 20 heavy (non-hydrogen) atoms. The summed E-state index contributed by atoms with van der Waals surface area (Å²) >= 11 is 0. The van der Waals surface area contributed by atoms with Gasteiger partial charge in [-0.3, -0.25) is 4.98 Å². The van der Waals surface area contributed by atoms with Gasteiger partial charge in [-0.25, -0.2) is 4.98 Å². The highest BCUT2D eigenvalue weighted by Gasteiger charge is 2.16. The summed E-state index contributed by atoms with van der Waals surface area (Å²) in [4.78, 5) is 8.61. The number of fused-ring (bicyclic) bond motifs is 1. The van der Waals surface area contributed by atoms with Crippen LogP contribution in [0.15, 0.2) is 36.7 Å². The van der Waals surface area contributed by atoms with Crippen molar-refractivity contribution in [2.75, 3.05) is 0 Å². The molecule has 0 fully saturated rings. The lowest BCUT2D eigenvalue weighted by Crippen LogP contribution is -1.99. The van der Waals surface area contributed by atoms with Crippen molar-refractivity contribution < 1.29 is 10.2 Å². The van der Waals surface area contributed by atoms with Gasteiger partial charge in [-0.1, -0.05) is 13.0 Å². The first-order valence-corrected chi connectivity index (χ1v) is 6.54. The highest BCUT2D eigenvalue weighted by atomic mass is 16.3. The molecule has 0 aliphatic heterocycles. The van der Waals surface area contributed by atoms with Crippen LogP contribution in [0.25, 0.3) is 22.4 Å². The third-order valence-corrected chi connectivity index (χ3v) is 3.25. The van der Waals surface area contributed by atoms with Gasteiger partial charge in [0.25, 0.3) is 0 Å². The molecule has 0 aliphatic rings. The minimum Gasteiger partial charge on any atom is -0.504 e. The number of imidazole rings is 1. The van der Waals surface area contributed by atoms with Crippen LogP contribution in [0.5, 0.6) is 11.5 Å². The van der Waals surface area contributed by atoms with Gasteiger partial charge in [-0.05, 0) is 24.6 Å². The van der Waals surface area contributed by atoms with Crippen LogP contribution in [-0.2, 0) is 6.54 Å². The molecular formula is C15H15N3O2.